The first kappa shape index (κ1) is 33.4. The molecule has 3 aromatic rings. The number of hydrogen-bond donors (Lipinski definition) is 2. The molecule has 0 unspecified atom stereocenters. The second-order valence-corrected chi connectivity index (χ2v) is 15.6. The lowest BCUT2D eigenvalue weighted by Gasteiger charge is -2.38. The number of carbonyl (C=O) groups excluding carboxylic acids is 2. The van der Waals surface area contributed by atoms with Gasteiger partial charge in [0.15, 0.2) is 0 Å². The summed E-state index contributed by atoms with van der Waals surface area (Å²) in [5.74, 6) is -0.701. The average molecular weight is 670 g/mol. The van der Waals surface area contributed by atoms with Gasteiger partial charge in [0.1, 0.15) is 21.2 Å². The fourth-order valence-electron chi connectivity index (χ4n) is 5.70. The number of amides is 2. The number of piperidine rings is 1. The van der Waals surface area contributed by atoms with E-state index in [-0.39, 0.29) is 22.0 Å². The number of alkyl carbamates (subject to hydrolysis) is 1. The lowest BCUT2D eigenvalue weighted by atomic mass is 9.97. The van der Waals surface area contributed by atoms with Crippen LogP contribution in [0.4, 0.5) is 16.3 Å². The van der Waals surface area contributed by atoms with Gasteiger partial charge in [0.05, 0.1) is 12.2 Å². The van der Waals surface area contributed by atoms with Crippen molar-refractivity contribution in [2.24, 2.45) is 5.92 Å². The van der Waals surface area contributed by atoms with Gasteiger partial charge in [0.25, 0.3) is 0 Å². The molecule has 2 saturated heterocycles. The lowest BCUT2D eigenvalue weighted by Crippen LogP contribution is -2.57. The zero-order chi connectivity index (χ0) is 33.2. The van der Waals surface area contributed by atoms with Crippen LogP contribution < -0.4 is 15.1 Å². The van der Waals surface area contributed by atoms with Crippen molar-refractivity contribution in [1.82, 2.24) is 14.6 Å². The van der Waals surface area contributed by atoms with E-state index in [4.69, 9.17) is 4.74 Å². The van der Waals surface area contributed by atoms with Crippen LogP contribution >= 0.6 is 11.3 Å². The molecule has 2 aromatic heterocycles. The highest BCUT2D eigenvalue weighted by Crippen LogP contribution is 2.39. The molecule has 0 bridgehead atoms. The van der Waals surface area contributed by atoms with Crippen LogP contribution in [0.1, 0.15) is 50.2 Å². The van der Waals surface area contributed by atoms with Gasteiger partial charge in [0.2, 0.25) is 15.9 Å². The Kier molecular flexibility index (Phi) is 9.70. The van der Waals surface area contributed by atoms with Gasteiger partial charge in [-0.3, -0.25) is 4.79 Å². The van der Waals surface area contributed by atoms with E-state index in [2.05, 4.69) is 15.2 Å². The standard InChI is InChI=1S/C32H39N5O7S2/c1-21-19-36(20-28(38)37(21)25-16-26(45-29(25)30(39)40)23-8-6-5-7-9-23)46(42,43)24-10-11-27(33-18-24)35-14-12-22(13-15-35)17-34-31(41)44-32(2,3)4/h5-11,16,18,21-22H,12-15,17,19-20H2,1-4H3,(H,34,41)(H,39,40)/t21-/m1/s1. The van der Waals surface area contributed by atoms with Crippen LogP contribution in [0, 0.1) is 5.92 Å². The number of nitrogens with one attached hydrogen (secondary N) is 1. The summed E-state index contributed by atoms with van der Waals surface area (Å²) in [7, 11) is -4.04. The van der Waals surface area contributed by atoms with Gasteiger partial charge in [0, 0.05) is 43.3 Å². The summed E-state index contributed by atoms with van der Waals surface area (Å²) in [4.78, 5) is 46.1. The highest BCUT2D eigenvalue weighted by Gasteiger charge is 2.39. The Hall–Kier alpha value is -4.01. The van der Waals surface area contributed by atoms with Crippen molar-refractivity contribution < 1.29 is 32.6 Å². The number of aromatic nitrogens is 1. The number of piperazine rings is 1. The van der Waals surface area contributed by atoms with E-state index in [0.717, 1.165) is 34.0 Å². The summed E-state index contributed by atoms with van der Waals surface area (Å²) in [5.41, 5.74) is 0.545. The lowest BCUT2D eigenvalue weighted by molar-refractivity contribution is -0.120. The number of hydrogen-bond acceptors (Lipinski definition) is 9. The highest BCUT2D eigenvalue weighted by molar-refractivity contribution is 7.89. The molecule has 2 fully saturated rings. The number of nitrogens with zero attached hydrogens (tertiary/aromatic N) is 4. The summed E-state index contributed by atoms with van der Waals surface area (Å²) in [6.07, 6.45) is 2.56. The molecular weight excluding hydrogens is 631 g/mol. The number of aromatic carboxylic acids is 1. The number of carbonyl (C=O) groups is 3. The van der Waals surface area contributed by atoms with E-state index >= 15 is 0 Å². The minimum atomic E-state index is -4.04. The summed E-state index contributed by atoms with van der Waals surface area (Å²) in [6, 6.07) is 13.6. The first-order valence-corrected chi connectivity index (χ1v) is 17.4. The van der Waals surface area contributed by atoms with Crippen molar-refractivity contribution in [2.75, 3.05) is 42.5 Å². The Balaban J connectivity index is 1.22. The molecule has 14 heteroatoms. The van der Waals surface area contributed by atoms with E-state index in [1.54, 1.807) is 19.1 Å². The van der Waals surface area contributed by atoms with Gasteiger partial charge in [-0.15, -0.1) is 11.3 Å². The molecule has 0 aliphatic carbocycles. The second kappa shape index (κ2) is 13.4. The summed E-state index contributed by atoms with van der Waals surface area (Å²) < 4.78 is 33.6. The maximum atomic E-state index is 13.6. The number of sulfonamides is 1. The minimum Gasteiger partial charge on any atom is -0.477 e. The van der Waals surface area contributed by atoms with Crippen molar-refractivity contribution in [3.05, 3.63) is 59.6 Å². The number of anilines is 2. The van der Waals surface area contributed by atoms with Crippen molar-refractivity contribution in [1.29, 1.82) is 0 Å². The maximum Gasteiger partial charge on any atom is 0.407 e. The molecule has 4 heterocycles. The van der Waals surface area contributed by atoms with Gasteiger partial charge < -0.3 is 25.0 Å². The molecule has 1 atom stereocenters. The first-order valence-electron chi connectivity index (χ1n) is 15.2. The third-order valence-corrected chi connectivity index (χ3v) is 10.9. The first-order chi connectivity index (χ1) is 21.7. The van der Waals surface area contributed by atoms with Gasteiger partial charge in [-0.1, -0.05) is 30.3 Å². The number of thiophene rings is 1. The van der Waals surface area contributed by atoms with E-state index in [1.807, 2.05) is 51.1 Å². The number of carboxylic acids is 1. The molecule has 2 aliphatic heterocycles. The monoisotopic (exact) mass is 669 g/mol. The molecule has 2 aliphatic rings. The fraction of sp³-hybridized carbons (Fsp3) is 0.438. The van der Waals surface area contributed by atoms with E-state index in [0.29, 0.717) is 36.2 Å². The zero-order valence-corrected chi connectivity index (χ0v) is 27.9. The SMILES string of the molecule is C[C@@H]1CN(S(=O)(=O)c2ccc(N3CCC(CNC(=O)OC(C)(C)C)CC3)nc2)CC(=O)N1c1cc(-c2ccccc2)sc1C(=O)O. The largest absolute Gasteiger partial charge is 0.477 e. The van der Waals surface area contributed by atoms with Crippen LogP contribution in [0.15, 0.2) is 59.6 Å². The van der Waals surface area contributed by atoms with Crippen LogP contribution in [0.5, 0.6) is 0 Å². The number of rotatable bonds is 8. The molecule has 5 rings (SSSR count). The topological polar surface area (TPSA) is 149 Å². The van der Waals surface area contributed by atoms with E-state index in [9.17, 15) is 27.9 Å². The molecular formula is C32H39N5O7S2. The molecule has 246 valence electrons. The molecule has 0 spiro atoms. The minimum absolute atomic E-state index is 0.00373. The number of benzene rings is 1. The Labute approximate surface area is 273 Å². The number of carboxylic acid groups (broad SMARTS) is 1. The third-order valence-electron chi connectivity index (χ3n) is 7.94. The molecule has 12 nitrogen and oxygen atoms in total. The Bertz CT molecular complexity index is 1680. The highest BCUT2D eigenvalue weighted by atomic mass is 32.2. The van der Waals surface area contributed by atoms with Crippen LogP contribution in [0.2, 0.25) is 0 Å². The van der Waals surface area contributed by atoms with Crippen molar-refractivity contribution >= 4 is 50.8 Å². The normalized spacial score (nSPS) is 18.4. The van der Waals surface area contributed by atoms with Crippen molar-refractivity contribution in [2.45, 2.75) is 57.1 Å². The molecule has 0 saturated carbocycles. The van der Waals surface area contributed by atoms with Gasteiger partial charge in [-0.2, -0.15) is 4.31 Å². The number of pyridine rings is 1. The quantitative estimate of drug-likeness (QED) is 0.349. The van der Waals surface area contributed by atoms with Crippen LogP contribution in [-0.2, 0) is 19.6 Å². The molecule has 46 heavy (non-hydrogen) atoms. The summed E-state index contributed by atoms with van der Waals surface area (Å²) >= 11 is 1.08. The van der Waals surface area contributed by atoms with Crippen LogP contribution in [0.3, 0.4) is 0 Å². The second-order valence-electron chi connectivity index (χ2n) is 12.6. The van der Waals surface area contributed by atoms with Crippen LogP contribution in [-0.4, -0.2) is 85.1 Å². The summed E-state index contributed by atoms with van der Waals surface area (Å²) in [5, 5.41) is 12.7. The van der Waals surface area contributed by atoms with Gasteiger partial charge in [-0.05, 0) is 70.2 Å². The predicted molar refractivity (Wildman–Crippen MR) is 176 cm³/mol. The van der Waals surface area contributed by atoms with Crippen molar-refractivity contribution in [3.8, 4) is 10.4 Å². The number of ether oxygens (including phenoxy) is 1. The van der Waals surface area contributed by atoms with Gasteiger partial charge in [-0.25, -0.2) is 23.0 Å². The third kappa shape index (κ3) is 7.51. The van der Waals surface area contributed by atoms with E-state index < -0.39 is 46.2 Å². The predicted octanol–water partition coefficient (Wildman–Crippen LogP) is 4.68. The maximum absolute atomic E-state index is 13.6. The fourth-order valence-corrected chi connectivity index (χ4v) is 8.11. The summed E-state index contributed by atoms with van der Waals surface area (Å²) in [6.45, 7) is 8.68. The van der Waals surface area contributed by atoms with Crippen molar-refractivity contribution in [3.63, 3.8) is 0 Å². The molecule has 1 aromatic carbocycles. The Morgan fingerprint density at radius 2 is 1.80 bits per heavy atom. The Morgan fingerprint density at radius 1 is 1.11 bits per heavy atom. The average Bonchev–Trinajstić information content (AvgIpc) is 3.45. The molecule has 2 N–H and O–H groups in total. The van der Waals surface area contributed by atoms with Gasteiger partial charge >= 0.3 is 12.1 Å². The van der Waals surface area contributed by atoms with E-state index in [1.165, 1.54) is 17.2 Å². The van der Waals surface area contributed by atoms with Crippen LogP contribution in [0.25, 0.3) is 10.4 Å². The smallest absolute Gasteiger partial charge is 0.407 e. The Morgan fingerprint density at radius 3 is 2.39 bits per heavy atom. The molecule has 2 amide bonds. The zero-order valence-electron chi connectivity index (χ0n) is 26.3. The molecule has 0 radical (unpaired) electrons.